The second-order valence-electron chi connectivity index (χ2n) is 5.63. The summed E-state index contributed by atoms with van der Waals surface area (Å²) in [4.78, 5) is 16.0. The van der Waals surface area contributed by atoms with Crippen LogP contribution in [0.15, 0.2) is 41.3 Å². The number of hydrogen-bond donors (Lipinski definition) is 3. The third-order valence-corrected chi connectivity index (χ3v) is 5.00. The fraction of sp³-hybridized carbons (Fsp3) is 0.235. The quantitative estimate of drug-likeness (QED) is 0.249. The Hall–Kier alpha value is -2.46. The molecule has 4 N–H and O–H groups in total. The largest absolute Gasteiger partial charge is 0.398 e. The molecule has 0 unspecified atom stereocenters. The lowest BCUT2D eigenvalue weighted by atomic mass is 10.1. The molecule has 3 aromatic rings. The van der Waals surface area contributed by atoms with Crippen LogP contribution in [0.25, 0.3) is 21.8 Å². The summed E-state index contributed by atoms with van der Waals surface area (Å²) >= 11 is 1.40. The van der Waals surface area contributed by atoms with Gasteiger partial charge in [0.25, 0.3) is 5.69 Å². The minimum atomic E-state index is -0.461. The first-order chi connectivity index (χ1) is 12.5. The zero-order valence-electron chi connectivity index (χ0n) is 13.8. The number of non-ortho nitro benzene ring substituents is 1. The second-order valence-corrected chi connectivity index (χ2v) is 6.80. The molecule has 0 fully saturated rings. The fourth-order valence-corrected chi connectivity index (χ4v) is 3.63. The molecular formula is C17H18N4O4S. The van der Waals surface area contributed by atoms with Gasteiger partial charge in [-0.15, -0.1) is 0 Å². The van der Waals surface area contributed by atoms with Crippen LogP contribution in [0, 0.1) is 10.1 Å². The van der Waals surface area contributed by atoms with E-state index in [2.05, 4.69) is 4.98 Å². The number of nitrogens with zero attached hydrogens (tertiary/aromatic N) is 3. The molecular weight excluding hydrogens is 356 g/mol. The van der Waals surface area contributed by atoms with Crippen molar-refractivity contribution in [3.63, 3.8) is 0 Å². The van der Waals surface area contributed by atoms with E-state index in [1.807, 2.05) is 22.5 Å². The van der Waals surface area contributed by atoms with Crippen LogP contribution in [0.3, 0.4) is 0 Å². The van der Waals surface area contributed by atoms with Gasteiger partial charge in [-0.2, -0.15) is 0 Å². The Bertz CT molecular complexity index is 960. The molecule has 0 bridgehead atoms. The number of nitro benzene ring substituents is 1. The Morgan fingerprint density at radius 1 is 1.08 bits per heavy atom. The Kier molecular flexibility index (Phi) is 5.52. The highest BCUT2D eigenvalue weighted by Crippen LogP contribution is 2.33. The van der Waals surface area contributed by atoms with Crippen molar-refractivity contribution >= 4 is 45.1 Å². The molecule has 0 aliphatic carbocycles. The molecule has 136 valence electrons. The highest BCUT2D eigenvalue weighted by Gasteiger charge is 2.13. The van der Waals surface area contributed by atoms with Gasteiger partial charge in [-0.05, 0) is 36.2 Å². The van der Waals surface area contributed by atoms with Crippen LogP contribution in [-0.2, 0) is 0 Å². The van der Waals surface area contributed by atoms with E-state index in [4.69, 9.17) is 15.9 Å². The predicted molar refractivity (Wildman–Crippen MR) is 102 cm³/mol. The molecule has 9 heteroatoms. The van der Waals surface area contributed by atoms with Crippen molar-refractivity contribution in [3.8, 4) is 0 Å². The van der Waals surface area contributed by atoms with Crippen LogP contribution >= 0.6 is 11.9 Å². The van der Waals surface area contributed by atoms with Crippen LogP contribution in [0.5, 0.6) is 0 Å². The van der Waals surface area contributed by atoms with Crippen molar-refractivity contribution in [1.29, 1.82) is 0 Å². The number of benzene rings is 2. The summed E-state index contributed by atoms with van der Waals surface area (Å²) in [6.07, 6.45) is 0. The number of aliphatic hydroxyl groups excluding tert-OH is 2. The molecule has 0 saturated heterocycles. The Morgan fingerprint density at radius 2 is 1.69 bits per heavy atom. The molecule has 26 heavy (non-hydrogen) atoms. The summed E-state index contributed by atoms with van der Waals surface area (Å²) in [7, 11) is 0. The summed E-state index contributed by atoms with van der Waals surface area (Å²) < 4.78 is 1.84. The fourth-order valence-electron chi connectivity index (χ4n) is 2.69. The minimum absolute atomic E-state index is 0.0153. The molecule has 8 nitrogen and oxygen atoms in total. The van der Waals surface area contributed by atoms with Crippen molar-refractivity contribution in [2.45, 2.75) is 4.90 Å². The Morgan fingerprint density at radius 3 is 2.31 bits per heavy atom. The molecule has 0 amide bonds. The lowest BCUT2D eigenvalue weighted by molar-refractivity contribution is -0.384. The molecule has 0 atom stereocenters. The number of anilines is 1. The van der Waals surface area contributed by atoms with Crippen LogP contribution in [0.2, 0.25) is 0 Å². The zero-order valence-corrected chi connectivity index (χ0v) is 14.6. The van der Waals surface area contributed by atoms with E-state index in [1.165, 1.54) is 24.1 Å². The van der Waals surface area contributed by atoms with Gasteiger partial charge in [0.2, 0.25) is 0 Å². The number of fused-ring (bicyclic) bond motifs is 2. The van der Waals surface area contributed by atoms with E-state index in [-0.39, 0.29) is 18.9 Å². The molecule has 0 saturated carbocycles. The molecule has 0 aliphatic rings. The van der Waals surface area contributed by atoms with E-state index in [0.717, 1.165) is 4.90 Å². The topological polar surface area (TPSA) is 126 Å². The smallest absolute Gasteiger partial charge is 0.270 e. The maximum Gasteiger partial charge on any atom is 0.270 e. The Labute approximate surface area is 153 Å². The van der Waals surface area contributed by atoms with E-state index < -0.39 is 4.92 Å². The van der Waals surface area contributed by atoms with Crippen molar-refractivity contribution in [1.82, 2.24) is 9.29 Å². The van der Waals surface area contributed by atoms with Gasteiger partial charge in [-0.3, -0.25) is 10.1 Å². The standard InChI is InChI=1S/C17H18N4O4S/c18-17-13-9-11(21(24)25)1-3-15(13)19-16-4-2-12(10-14(16)17)26-20(5-7-22)6-8-23/h1-4,9-10,22-23H,5-8H2,(H2,18,19). The van der Waals surface area contributed by atoms with Gasteiger partial charge in [0, 0.05) is 40.9 Å². The first-order valence-corrected chi connectivity index (χ1v) is 8.73. The number of aromatic nitrogens is 1. The number of nitrogens with two attached hydrogens (primary N) is 1. The van der Waals surface area contributed by atoms with Gasteiger partial charge in [-0.1, -0.05) is 0 Å². The van der Waals surface area contributed by atoms with Gasteiger partial charge in [-0.25, -0.2) is 9.29 Å². The number of aliphatic hydroxyl groups is 2. The number of nitrogen functional groups attached to an aromatic ring is 1. The number of hydrogen-bond acceptors (Lipinski definition) is 8. The second kappa shape index (κ2) is 7.83. The molecule has 1 heterocycles. The molecule has 3 rings (SSSR count). The average molecular weight is 374 g/mol. The van der Waals surface area contributed by atoms with Crippen LogP contribution in [0.1, 0.15) is 0 Å². The van der Waals surface area contributed by atoms with E-state index >= 15 is 0 Å². The normalized spacial score (nSPS) is 11.5. The van der Waals surface area contributed by atoms with Gasteiger partial charge in [0.05, 0.1) is 34.9 Å². The highest BCUT2D eigenvalue weighted by atomic mass is 32.2. The van der Waals surface area contributed by atoms with Crippen molar-refractivity contribution < 1.29 is 15.1 Å². The van der Waals surface area contributed by atoms with E-state index in [1.54, 1.807) is 6.07 Å². The minimum Gasteiger partial charge on any atom is -0.398 e. The average Bonchev–Trinajstić information content (AvgIpc) is 2.62. The monoisotopic (exact) mass is 374 g/mol. The highest BCUT2D eigenvalue weighted by molar-refractivity contribution is 7.97. The van der Waals surface area contributed by atoms with Gasteiger partial charge < -0.3 is 15.9 Å². The van der Waals surface area contributed by atoms with Gasteiger partial charge in [0.1, 0.15) is 0 Å². The van der Waals surface area contributed by atoms with Gasteiger partial charge in [0.15, 0.2) is 0 Å². The van der Waals surface area contributed by atoms with E-state index in [0.29, 0.717) is 40.6 Å². The lowest BCUT2D eigenvalue weighted by Crippen LogP contribution is -2.22. The molecule has 0 aliphatic heterocycles. The predicted octanol–water partition coefficient (Wildman–Crippen LogP) is 2.17. The third-order valence-electron chi connectivity index (χ3n) is 3.91. The maximum atomic E-state index is 11.0. The summed E-state index contributed by atoms with van der Waals surface area (Å²) in [5.41, 5.74) is 7.98. The summed E-state index contributed by atoms with van der Waals surface area (Å²) in [5.74, 6) is 0. The van der Waals surface area contributed by atoms with E-state index in [9.17, 15) is 10.1 Å². The number of nitro groups is 1. The van der Waals surface area contributed by atoms with Gasteiger partial charge >= 0.3 is 0 Å². The zero-order chi connectivity index (χ0) is 18.7. The summed E-state index contributed by atoms with van der Waals surface area (Å²) in [6.45, 7) is 0.805. The molecule has 2 aromatic carbocycles. The van der Waals surface area contributed by atoms with Crippen molar-refractivity contribution in [2.24, 2.45) is 0 Å². The molecule has 1 aromatic heterocycles. The molecule has 0 radical (unpaired) electrons. The van der Waals surface area contributed by atoms with Crippen molar-refractivity contribution in [2.75, 3.05) is 32.0 Å². The van der Waals surface area contributed by atoms with Crippen LogP contribution < -0.4 is 5.73 Å². The third kappa shape index (κ3) is 3.70. The number of pyridine rings is 1. The lowest BCUT2D eigenvalue weighted by Gasteiger charge is -2.19. The number of rotatable bonds is 7. The summed E-state index contributed by atoms with van der Waals surface area (Å²) in [5, 5.41) is 30.5. The summed E-state index contributed by atoms with van der Waals surface area (Å²) in [6, 6.07) is 10.0. The maximum absolute atomic E-state index is 11.0. The first-order valence-electron chi connectivity index (χ1n) is 7.95. The first kappa shape index (κ1) is 18.3. The molecule has 0 spiro atoms. The Balaban J connectivity index is 2.05. The van der Waals surface area contributed by atoms with Crippen LogP contribution in [-0.4, -0.2) is 50.7 Å². The van der Waals surface area contributed by atoms with Crippen LogP contribution in [0.4, 0.5) is 11.4 Å². The van der Waals surface area contributed by atoms with Crippen molar-refractivity contribution in [3.05, 3.63) is 46.5 Å². The SMILES string of the molecule is Nc1c2cc(SN(CCO)CCO)ccc2nc2ccc([N+](=O)[O-])cc12.